The molecule has 0 radical (unpaired) electrons. The first kappa shape index (κ1) is 13.0. The van der Waals surface area contributed by atoms with Gasteiger partial charge in [0.25, 0.3) is 0 Å². The molecular formula is C13H8Cl4. The molecule has 2 rings (SSSR count). The quantitative estimate of drug-likeness (QED) is 0.649. The number of rotatable bonds is 2. The third-order valence-corrected chi connectivity index (χ3v) is 3.59. The molecule has 0 bridgehead atoms. The van der Waals surface area contributed by atoms with Gasteiger partial charge in [-0.1, -0.05) is 58.5 Å². The lowest BCUT2D eigenvalue weighted by Gasteiger charge is -2.07. The van der Waals surface area contributed by atoms with Crippen LogP contribution in [-0.2, 0) is 6.42 Å². The summed E-state index contributed by atoms with van der Waals surface area (Å²) in [5.41, 5.74) is 1.97. The molecule has 0 aliphatic rings. The highest BCUT2D eigenvalue weighted by Gasteiger charge is 2.06. The topological polar surface area (TPSA) is 0 Å². The first-order chi connectivity index (χ1) is 8.06. The summed E-state index contributed by atoms with van der Waals surface area (Å²) in [7, 11) is 0. The number of halogens is 4. The lowest BCUT2D eigenvalue weighted by molar-refractivity contribution is 1.19. The van der Waals surface area contributed by atoms with Gasteiger partial charge in [0.05, 0.1) is 0 Å². The smallest absolute Gasteiger partial charge is 0.0456 e. The van der Waals surface area contributed by atoms with E-state index in [9.17, 15) is 0 Å². The highest BCUT2D eigenvalue weighted by molar-refractivity contribution is 6.36. The van der Waals surface area contributed by atoms with Gasteiger partial charge in [0.2, 0.25) is 0 Å². The van der Waals surface area contributed by atoms with Crippen molar-refractivity contribution in [2.45, 2.75) is 6.42 Å². The van der Waals surface area contributed by atoms with Gasteiger partial charge in [-0.05, 0) is 35.4 Å². The molecule has 0 aromatic heterocycles. The Labute approximate surface area is 120 Å². The third-order valence-electron chi connectivity index (χ3n) is 2.41. The van der Waals surface area contributed by atoms with Crippen molar-refractivity contribution in [1.29, 1.82) is 0 Å². The molecule has 0 fully saturated rings. The molecule has 17 heavy (non-hydrogen) atoms. The van der Waals surface area contributed by atoms with Crippen molar-refractivity contribution < 1.29 is 0 Å². The van der Waals surface area contributed by atoms with Crippen LogP contribution < -0.4 is 0 Å². The second kappa shape index (κ2) is 5.49. The molecule has 0 amide bonds. The van der Waals surface area contributed by atoms with Crippen molar-refractivity contribution in [3.63, 3.8) is 0 Å². The lowest BCUT2D eigenvalue weighted by atomic mass is 10.1. The zero-order valence-corrected chi connectivity index (χ0v) is 11.7. The predicted octanol–water partition coefficient (Wildman–Crippen LogP) is 5.89. The summed E-state index contributed by atoms with van der Waals surface area (Å²) >= 11 is 23.9. The number of hydrogen-bond donors (Lipinski definition) is 0. The summed E-state index contributed by atoms with van der Waals surface area (Å²) in [6.07, 6.45) is 0.659. The summed E-state index contributed by atoms with van der Waals surface area (Å²) in [6.45, 7) is 0. The van der Waals surface area contributed by atoms with E-state index in [1.807, 2.05) is 24.3 Å². The van der Waals surface area contributed by atoms with Crippen molar-refractivity contribution in [2.24, 2.45) is 0 Å². The molecule has 0 nitrogen and oxygen atoms in total. The van der Waals surface area contributed by atoms with Gasteiger partial charge in [-0.15, -0.1) is 0 Å². The van der Waals surface area contributed by atoms with Crippen LogP contribution in [-0.4, -0.2) is 0 Å². The standard InChI is InChI=1S/C13H8Cl4/c14-10-3-1-8(12(16)6-10)5-9-2-4-11(15)7-13(9)17/h1-4,6-7H,5H2. The minimum absolute atomic E-state index is 0.626. The molecule has 0 atom stereocenters. The Morgan fingerprint density at radius 1 is 0.647 bits per heavy atom. The SMILES string of the molecule is Clc1ccc(Cc2ccc(Cl)cc2Cl)c(Cl)c1. The Balaban J connectivity index is 2.31. The predicted molar refractivity (Wildman–Crippen MR) is 75.7 cm³/mol. The highest BCUT2D eigenvalue weighted by Crippen LogP contribution is 2.27. The van der Waals surface area contributed by atoms with Crippen molar-refractivity contribution in [1.82, 2.24) is 0 Å². The normalized spacial score (nSPS) is 10.6. The summed E-state index contributed by atoms with van der Waals surface area (Å²) in [4.78, 5) is 0. The average molecular weight is 306 g/mol. The van der Waals surface area contributed by atoms with Crippen LogP contribution in [0.2, 0.25) is 20.1 Å². The van der Waals surface area contributed by atoms with Gasteiger partial charge >= 0.3 is 0 Å². The van der Waals surface area contributed by atoms with Gasteiger partial charge in [-0.25, -0.2) is 0 Å². The van der Waals surface area contributed by atoms with Crippen molar-refractivity contribution in [3.05, 3.63) is 67.6 Å². The molecule has 0 aliphatic carbocycles. The van der Waals surface area contributed by atoms with E-state index in [2.05, 4.69) is 0 Å². The minimum atomic E-state index is 0.626. The largest absolute Gasteiger partial charge is 0.0843 e. The molecule has 0 heterocycles. The molecule has 2 aromatic carbocycles. The molecule has 0 spiro atoms. The Bertz CT molecular complexity index is 500. The second-order valence-electron chi connectivity index (χ2n) is 3.65. The molecule has 2 aromatic rings. The molecule has 88 valence electrons. The fraction of sp³-hybridized carbons (Fsp3) is 0.0769. The maximum Gasteiger partial charge on any atom is 0.0456 e. The average Bonchev–Trinajstić information content (AvgIpc) is 2.25. The third kappa shape index (κ3) is 3.29. The van der Waals surface area contributed by atoms with E-state index in [0.29, 0.717) is 26.5 Å². The van der Waals surface area contributed by atoms with E-state index in [0.717, 1.165) is 11.1 Å². The molecule has 0 aliphatic heterocycles. The van der Waals surface area contributed by atoms with Crippen LogP contribution in [0.1, 0.15) is 11.1 Å². The number of benzene rings is 2. The van der Waals surface area contributed by atoms with Gasteiger partial charge in [-0.3, -0.25) is 0 Å². The Morgan fingerprint density at radius 2 is 1.06 bits per heavy atom. The summed E-state index contributed by atoms with van der Waals surface area (Å²) in [5.74, 6) is 0. The monoisotopic (exact) mass is 304 g/mol. The molecule has 4 heteroatoms. The van der Waals surface area contributed by atoms with Crippen LogP contribution in [0.5, 0.6) is 0 Å². The van der Waals surface area contributed by atoms with Gasteiger partial charge in [0.15, 0.2) is 0 Å². The van der Waals surface area contributed by atoms with E-state index in [1.165, 1.54) is 0 Å². The molecular weight excluding hydrogens is 298 g/mol. The fourth-order valence-corrected chi connectivity index (χ4v) is 2.49. The van der Waals surface area contributed by atoms with E-state index in [4.69, 9.17) is 46.4 Å². The zero-order chi connectivity index (χ0) is 12.4. The molecule has 0 saturated carbocycles. The summed E-state index contributed by atoms with van der Waals surface area (Å²) in [5, 5.41) is 2.54. The van der Waals surface area contributed by atoms with Crippen molar-refractivity contribution in [3.8, 4) is 0 Å². The van der Waals surface area contributed by atoms with Crippen LogP contribution in [0.4, 0.5) is 0 Å². The van der Waals surface area contributed by atoms with E-state index < -0.39 is 0 Å². The van der Waals surface area contributed by atoms with Gasteiger partial charge < -0.3 is 0 Å². The maximum absolute atomic E-state index is 6.11. The van der Waals surface area contributed by atoms with Gasteiger partial charge in [0, 0.05) is 26.5 Å². The van der Waals surface area contributed by atoms with Crippen LogP contribution in [0.25, 0.3) is 0 Å². The van der Waals surface area contributed by atoms with Crippen LogP contribution >= 0.6 is 46.4 Å². The van der Waals surface area contributed by atoms with Gasteiger partial charge in [0.1, 0.15) is 0 Å². The number of hydrogen-bond acceptors (Lipinski definition) is 0. The van der Waals surface area contributed by atoms with E-state index >= 15 is 0 Å². The minimum Gasteiger partial charge on any atom is -0.0843 e. The molecule has 0 N–H and O–H groups in total. The highest BCUT2D eigenvalue weighted by atomic mass is 35.5. The molecule has 0 unspecified atom stereocenters. The fourth-order valence-electron chi connectivity index (χ4n) is 1.54. The first-order valence-electron chi connectivity index (χ1n) is 4.94. The van der Waals surface area contributed by atoms with Crippen molar-refractivity contribution >= 4 is 46.4 Å². The van der Waals surface area contributed by atoms with Crippen molar-refractivity contribution in [2.75, 3.05) is 0 Å². The Morgan fingerprint density at radius 3 is 1.41 bits per heavy atom. The first-order valence-corrected chi connectivity index (χ1v) is 6.45. The second-order valence-corrected chi connectivity index (χ2v) is 5.34. The summed E-state index contributed by atoms with van der Waals surface area (Å²) < 4.78 is 0. The van der Waals surface area contributed by atoms with E-state index in [1.54, 1.807) is 12.1 Å². The van der Waals surface area contributed by atoms with Crippen LogP contribution in [0.15, 0.2) is 36.4 Å². The Kier molecular flexibility index (Phi) is 4.22. The summed E-state index contributed by atoms with van der Waals surface area (Å²) in [6, 6.07) is 10.9. The van der Waals surface area contributed by atoms with E-state index in [-0.39, 0.29) is 0 Å². The van der Waals surface area contributed by atoms with Gasteiger partial charge in [-0.2, -0.15) is 0 Å². The lowest BCUT2D eigenvalue weighted by Crippen LogP contribution is -1.90. The van der Waals surface area contributed by atoms with Crippen LogP contribution in [0.3, 0.4) is 0 Å². The zero-order valence-electron chi connectivity index (χ0n) is 8.68. The van der Waals surface area contributed by atoms with Crippen LogP contribution in [0, 0.1) is 0 Å². The maximum atomic E-state index is 6.11. The Hall–Kier alpha value is -0.400. The molecule has 0 saturated heterocycles.